The van der Waals surface area contributed by atoms with Crippen molar-refractivity contribution < 1.29 is 0 Å². The third kappa shape index (κ3) is 47.1. The Morgan fingerprint density at radius 2 is 0.805 bits per heavy atom. The summed E-state index contributed by atoms with van der Waals surface area (Å²) in [4.78, 5) is 0. The molecule has 0 amide bonds. The monoisotopic (exact) mass is 1090 g/mol. The van der Waals surface area contributed by atoms with E-state index >= 15 is 0 Å². The molecule has 7 fully saturated rings. The van der Waals surface area contributed by atoms with Crippen molar-refractivity contribution in [1.29, 1.82) is 0 Å². The third-order valence-corrected chi connectivity index (χ3v) is 21.6. The summed E-state index contributed by atoms with van der Waals surface area (Å²) in [5.74, 6) is 14.8. The van der Waals surface area contributed by atoms with Gasteiger partial charge in [0, 0.05) is 0 Å². The molecule has 0 aromatic rings. The highest BCUT2D eigenvalue weighted by atomic mass is 14.5. The van der Waals surface area contributed by atoms with Crippen molar-refractivity contribution >= 4 is 0 Å². The van der Waals surface area contributed by atoms with Crippen LogP contribution in [0, 0.1) is 110 Å². The normalized spacial score (nSPS) is 28.2. The standard InChI is InChI=1S/C10H20.3C8H16.C7H14.2C6H12.4C6H14/c1-8-9(2,3)6-7-10(8,4)5;1-6-4-7(2)8(3)5-6;1-7-5-4-6-8(7,2)3;1-6-4-5-7(2)8(6)3;1-6-4-3-5-7(6)2;1-2-6-4-3-5-6;1-2-3-6-4-5-6;1-5-6(2,3)4;2*1-4-5-6(2)3;1-4-6(3)5-2/h8H,6-7H2,1-5H3;6-8H,4-5H2,1-3H3;7H,4-6H2,1-3H3;6-8H,4-5H2,1-3H3;6-7H,3-5H2,1-2H3;2*6H,2-5H2,1H3;5H2,1-4H3;3*6H,4-5H2,1-3H3/t;;7-;;6-,7?;;;;;;/m..1.1....../s1. The summed E-state index contributed by atoms with van der Waals surface area (Å²) < 4.78 is 0. The van der Waals surface area contributed by atoms with Crippen LogP contribution in [0.1, 0.15) is 388 Å². The van der Waals surface area contributed by atoms with Crippen molar-refractivity contribution in [3.05, 3.63) is 0 Å². The van der Waals surface area contributed by atoms with Crippen LogP contribution in [0.15, 0.2) is 0 Å². The van der Waals surface area contributed by atoms with Crippen LogP contribution in [-0.2, 0) is 0 Å². The first kappa shape index (κ1) is 83.5. The minimum Gasteiger partial charge on any atom is -0.0654 e. The molecule has 0 aliphatic heterocycles. The SMILES string of the molecule is CC1C(C)(C)CCC1(C)C.CC1CC(C)C(C)C1.CC1CCC(C)C1C.CC1CCC[C@H]1C.CCC(C)(C)C.CCC(C)CC.CCC1CCC1.CCCC(C)C.CCCC(C)C.CCCC1CC1.C[C@@H]1CCCC1(C)C. The largest absolute Gasteiger partial charge is 0.0654 e. The van der Waals surface area contributed by atoms with Gasteiger partial charge >= 0.3 is 0 Å². The van der Waals surface area contributed by atoms with Crippen molar-refractivity contribution in [2.24, 2.45) is 110 Å². The molecule has 0 heterocycles. The molecule has 0 spiro atoms. The zero-order valence-corrected chi connectivity index (χ0v) is 60.8. The van der Waals surface area contributed by atoms with Gasteiger partial charge < -0.3 is 0 Å². The average molecular weight is 1090 g/mol. The lowest BCUT2D eigenvalue weighted by Crippen LogP contribution is -2.24. The predicted molar refractivity (Wildman–Crippen MR) is 363 cm³/mol. The Morgan fingerprint density at radius 1 is 0.416 bits per heavy atom. The second-order valence-electron chi connectivity index (χ2n) is 32.4. The van der Waals surface area contributed by atoms with E-state index in [0.29, 0.717) is 21.7 Å². The zero-order valence-electron chi connectivity index (χ0n) is 60.8. The maximum atomic E-state index is 2.40. The molecule has 0 N–H and O–H groups in total. The summed E-state index contributed by atoms with van der Waals surface area (Å²) in [6.07, 6.45) is 38.6. The van der Waals surface area contributed by atoms with E-state index in [2.05, 4.69) is 215 Å². The number of rotatable bonds is 9. The summed E-state index contributed by atoms with van der Waals surface area (Å²) in [7, 11) is 0. The van der Waals surface area contributed by atoms with E-state index in [1.54, 1.807) is 0 Å². The topological polar surface area (TPSA) is 0 Å². The molecular formula is C77H162. The van der Waals surface area contributed by atoms with Gasteiger partial charge in [-0.1, -0.05) is 356 Å². The highest BCUT2D eigenvalue weighted by Crippen LogP contribution is 2.53. The molecule has 7 saturated carbocycles. The lowest BCUT2D eigenvalue weighted by molar-refractivity contribution is 0.179. The molecule has 5 unspecified atom stereocenters. The Hall–Kier alpha value is 0. The molecule has 7 rings (SSSR count). The molecule has 0 saturated heterocycles. The van der Waals surface area contributed by atoms with Crippen LogP contribution in [0.25, 0.3) is 0 Å². The fourth-order valence-corrected chi connectivity index (χ4v) is 11.6. The van der Waals surface area contributed by atoms with Gasteiger partial charge in [0.2, 0.25) is 0 Å². The highest BCUT2D eigenvalue weighted by Gasteiger charge is 2.43. The molecule has 0 nitrogen and oxygen atoms in total. The smallest absolute Gasteiger partial charge is 0.0323 e. The van der Waals surface area contributed by atoms with E-state index in [1.807, 2.05) is 0 Å². The quantitative estimate of drug-likeness (QED) is 0.216. The van der Waals surface area contributed by atoms with Gasteiger partial charge in [-0.15, -0.1) is 0 Å². The molecule has 77 heavy (non-hydrogen) atoms. The fourth-order valence-electron chi connectivity index (χ4n) is 11.6. The third-order valence-electron chi connectivity index (χ3n) is 21.6. The summed E-state index contributed by atoms with van der Waals surface area (Å²) >= 11 is 0. The first-order valence-electron chi connectivity index (χ1n) is 35.5. The van der Waals surface area contributed by atoms with E-state index in [4.69, 9.17) is 0 Å². The zero-order chi connectivity index (χ0) is 60.8. The number of hydrogen-bond donors (Lipinski definition) is 0. The van der Waals surface area contributed by atoms with E-state index in [9.17, 15) is 0 Å². The molecule has 7 aliphatic rings. The molecular weight excluding hydrogens is 925 g/mol. The van der Waals surface area contributed by atoms with Crippen molar-refractivity contribution in [2.75, 3.05) is 0 Å². The molecule has 0 radical (unpaired) electrons. The molecule has 0 aromatic carbocycles. The van der Waals surface area contributed by atoms with Crippen LogP contribution >= 0.6 is 0 Å². The van der Waals surface area contributed by atoms with E-state index in [-0.39, 0.29) is 0 Å². The Morgan fingerprint density at radius 3 is 0.883 bits per heavy atom. The van der Waals surface area contributed by atoms with Crippen LogP contribution < -0.4 is 0 Å². The Bertz CT molecular complexity index is 1160. The van der Waals surface area contributed by atoms with Crippen molar-refractivity contribution in [3.8, 4) is 0 Å². The molecule has 0 aromatic heterocycles. The Kier molecular flexibility index (Phi) is 50.3. The maximum Gasteiger partial charge on any atom is -0.0323 e. The van der Waals surface area contributed by atoms with Crippen LogP contribution in [0.5, 0.6) is 0 Å². The lowest BCUT2D eigenvalue weighted by Gasteiger charge is -2.31. The molecule has 7 aliphatic carbocycles. The summed E-state index contributed by atoms with van der Waals surface area (Å²) in [5.41, 5.74) is 2.37. The van der Waals surface area contributed by atoms with Gasteiger partial charge in [0.25, 0.3) is 0 Å². The van der Waals surface area contributed by atoms with E-state index in [1.165, 1.54) is 173 Å². The second-order valence-corrected chi connectivity index (χ2v) is 32.4. The molecule has 0 bridgehead atoms. The predicted octanol–water partition coefficient (Wildman–Crippen LogP) is 28.3. The minimum absolute atomic E-state index is 0.542. The van der Waals surface area contributed by atoms with Gasteiger partial charge in [-0.05, 0) is 143 Å². The maximum absolute atomic E-state index is 2.40. The molecule has 470 valence electrons. The van der Waals surface area contributed by atoms with Crippen LogP contribution in [-0.4, -0.2) is 0 Å². The molecule has 7 atom stereocenters. The van der Waals surface area contributed by atoms with Crippen molar-refractivity contribution in [1.82, 2.24) is 0 Å². The van der Waals surface area contributed by atoms with E-state index in [0.717, 1.165) is 88.8 Å². The van der Waals surface area contributed by atoms with E-state index < -0.39 is 0 Å². The second kappa shape index (κ2) is 46.4. The van der Waals surface area contributed by atoms with Gasteiger partial charge in [0.15, 0.2) is 0 Å². The number of hydrogen-bond acceptors (Lipinski definition) is 0. The van der Waals surface area contributed by atoms with Crippen LogP contribution in [0.3, 0.4) is 0 Å². The van der Waals surface area contributed by atoms with Gasteiger partial charge in [-0.2, -0.15) is 0 Å². The fraction of sp³-hybridized carbons (Fsp3) is 1.00. The van der Waals surface area contributed by atoms with Crippen molar-refractivity contribution in [3.63, 3.8) is 0 Å². The Balaban J connectivity index is -0.000000382. The summed E-state index contributed by atoms with van der Waals surface area (Å²) in [5, 5.41) is 0. The summed E-state index contributed by atoms with van der Waals surface area (Å²) in [6.45, 7) is 71.7. The van der Waals surface area contributed by atoms with Crippen LogP contribution in [0.2, 0.25) is 0 Å². The first-order chi connectivity index (χ1) is 35.5. The van der Waals surface area contributed by atoms with Gasteiger partial charge in [0.05, 0.1) is 0 Å². The minimum atomic E-state index is 0.542. The van der Waals surface area contributed by atoms with Gasteiger partial charge in [-0.25, -0.2) is 0 Å². The molecule has 0 heteroatoms. The van der Waals surface area contributed by atoms with Crippen LogP contribution in [0.4, 0.5) is 0 Å². The first-order valence-corrected chi connectivity index (χ1v) is 35.5. The Labute approximate surface area is 495 Å². The lowest BCUT2D eigenvalue weighted by atomic mass is 9.74. The average Bonchev–Trinajstić information content (AvgIpc) is 3.68. The van der Waals surface area contributed by atoms with Gasteiger partial charge in [0.1, 0.15) is 0 Å². The van der Waals surface area contributed by atoms with Crippen molar-refractivity contribution in [2.45, 2.75) is 388 Å². The summed E-state index contributed by atoms with van der Waals surface area (Å²) in [6, 6.07) is 0. The highest BCUT2D eigenvalue weighted by molar-refractivity contribution is 4.93. The van der Waals surface area contributed by atoms with Gasteiger partial charge in [-0.3, -0.25) is 0 Å².